The van der Waals surface area contributed by atoms with Crippen LogP contribution >= 0.6 is 11.3 Å². The van der Waals surface area contributed by atoms with Crippen LogP contribution < -0.4 is 4.87 Å². The van der Waals surface area contributed by atoms with Crippen LogP contribution in [0.25, 0.3) is 10.2 Å². The van der Waals surface area contributed by atoms with E-state index in [0.717, 1.165) is 11.3 Å². The van der Waals surface area contributed by atoms with Crippen molar-refractivity contribution in [3.8, 4) is 0 Å². The summed E-state index contributed by atoms with van der Waals surface area (Å²) in [6.07, 6.45) is 0.450. The number of nitrogens with zero attached hydrogens (tertiary/aromatic N) is 2. The summed E-state index contributed by atoms with van der Waals surface area (Å²) >= 11 is 0.989. The summed E-state index contributed by atoms with van der Waals surface area (Å²) in [5, 5.41) is 9.01. The molecule has 2 aliphatic rings. The molecule has 8 nitrogen and oxygen atoms in total. The Balaban J connectivity index is 1.50. The van der Waals surface area contributed by atoms with E-state index in [0.29, 0.717) is 49.2 Å². The van der Waals surface area contributed by atoms with Crippen LogP contribution in [0, 0.1) is 5.41 Å². The van der Waals surface area contributed by atoms with Gasteiger partial charge in [-0.1, -0.05) is 11.3 Å². The normalized spacial score (nSPS) is 20.7. The Kier molecular flexibility index (Phi) is 3.67. The maximum Gasteiger partial charge on any atom is 0.407 e. The third-order valence-corrected chi connectivity index (χ3v) is 7.78. The van der Waals surface area contributed by atoms with E-state index < -0.39 is 16.1 Å². The Morgan fingerprint density at radius 3 is 2.56 bits per heavy atom. The number of thiazole rings is 1. The standard InChI is InChI=1S/C15H17N3O5S2/c19-13-16-11-2-1-10(7-12(11)24-13)25(22,23)18-8-15(9-18)3-5-17(6-4-15)14(20)21/h1-2,7H,3-6,8-9H2,(H,16,19)(H,20,21). The number of hydrogen-bond acceptors (Lipinski definition) is 5. The molecule has 0 unspecified atom stereocenters. The zero-order valence-corrected chi connectivity index (χ0v) is 14.9. The van der Waals surface area contributed by atoms with E-state index in [1.165, 1.54) is 21.3 Å². The van der Waals surface area contributed by atoms with Gasteiger partial charge in [0.2, 0.25) is 10.0 Å². The molecule has 10 heteroatoms. The van der Waals surface area contributed by atoms with E-state index in [-0.39, 0.29) is 15.2 Å². The summed E-state index contributed by atoms with van der Waals surface area (Å²) in [7, 11) is -3.60. The molecule has 0 saturated carbocycles. The van der Waals surface area contributed by atoms with Crippen LogP contribution in [-0.4, -0.2) is 60.0 Å². The molecular weight excluding hydrogens is 366 g/mol. The van der Waals surface area contributed by atoms with Gasteiger partial charge >= 0.3 is 11.0 Å². The largest absolute Gasteiger partial charge is 0.465 e. The first kappa shape index (κ1) is 16.6. The zero-order chi connectivity index (χ0) is 17.8. The summed E-state index contributed by atoms with van der Waals surface area (Å²) in [4.78, 5) is 26.4. The number of hydrogen-bond donors (Lipinski definition) is 2. The quantitative estimate of drug-likeness (QED) is 0.813. The molecule has 0 atom stereocenters. The molecule has 134 valence electrons. The van der Waals surface area contributed by atoms with Crippen molar-refractivity contribution in [2.24, 2.45) is 5.41 Å². The number of piperidine rings is 1. The SMILES string of the molecule is O=C(O)N1CCC2(CC1)CN(S(=O)(=O)c1ccc3[nH]c(=O)sc3c1)C2. The molecule has 1 aromatic carbocycles. The summed E-state index contributed by atoms with van der Waals surface area (Å²) in [5.74, 6) is 0. The number of aromatic amines is 1. The fourth-order valence-electron chi connectivity index (χ4n) is 3.60. The lowest BCUT2D eigenvalue weighted by Crippen LogP contribution is -2.62. The second-order valence-corrected chi connectivity index (χ2v) is 9.67. The number of carbonyl (C=O) groups is 1. The number of H-pyrrole nitrogens is 1. The number of nitrogens with one attached hydrogen (secondary N) is 1. The number of rotatable bonds is 2. The van der Waals surface area contributed by atoms with E-state index >= 15 is 0 Å². The van der Waals surface area contributed by atoms with Crippen LogP contribution in [0.5, 0.6) is 0 Å². The Bertz CT molecular complexity index is 994. The summed E-state index contributed by atoms with van der Waals surface area (Å²) in [5.41, 5.74) is 0.525. The van der Waals surface area contributed by atoms with Crippen molar-refractivity contribution < 1.29 is 18.3 Å². The molecule has 2 N–H and O–H groups in total. The number of amides is 1. The molecule has 4 rings (SSSR count). The average molecular weight is 383 g/mol. The lowest BCUT2D eigenvalue weighted by molar-refractivity contribution is 0.00441. The number of sulfonamides is 1. The van der Waals surface area contributed by atoms with Crippen molar-refractivity contribution >= 4 is 37.7 Å². The molecule has 2 aliphatic heterocycles. The van der Waals surface area contributed by atoms with Gasteiger partial charge in [-0.15, -0.1) is 0 Å². The highest BCUT2D eigenvalue weighted by molar-refractivity contribution is 7.89. The molecule has 2 aromatic rings. The van der Waals surface area contributed by atoms with Gasteiger partial charge in [0.15, 0.2) is 0 Å². The predicted octanol–water partition coefficient (Wildman–Crippen LogP) is 1.35. The fraction of sp³-hybridized carbons (Fsp3) is 0.467. The maximum atomic E-state index is 12.8. The highest BCUT2D eigenvalue weighted by Gasteiger charge is 2.49. The smallest absolute Gasteiger partial charge is 0.407 e. The van der Waals surface area contributed by atoms with E-state index in [2.05, 4.69) is 4.98 Å². The Labute approximate surface area is 147 Å². The molecule has 3 heterocycles. The van der Waals surface area contributed by atoms with Gasteiger partial charge in [-0.25, -0.2) is 13.2 Å². The average Bonchev–Trinajstić information content (AvgIpc) is 2.91. The summed E-state index contributed by atoms with van der Waals surface area (Å²) in [6, 6.07) is 4.66. The van der Waals surface area contributed by atoms with Gasteiger partial charge in [-0.3, -0.25) is 4.79 Å². The minimum atomic E-state index is -3.60. The van der Waals surface area contributed by atoms with Crippen molar-refractivity contribution in [2.45, 2.75) is 17.7 Å². The molecular formula is C15H17N3O5S2. The summed E-state index contributed by atoms with van der Waals surface area (Å²) in [6.45, 7) is 1.74. The second-order valence-electron chi connectivity index (χ2n) is 6.72. The third kappa shape index (κ3) is 2.74. The first-order valence-electron chi connectivity index (χ1n) is 7.90. The van der Waals surface area contributed by atoms with E-state index in [4.69, 9.17) is 5.11 Å². The van der Waals surface area contributed by atoms with E-state index in [1.54, 1.807) is 6.07 Å². The minimum absolute atomic E-state index is 0.109. The van der Waals surface area contributed by atoms with Crippen LogP contribution in [-0.2, 0) is 10.0 Å². The van der Waals surface area contributed by atoms with Crippen LogP contribution in [0.15, 0.2) is 27.9 Å². The Morgan fingerprint density at radius 1 is 1.24 bits per heavy atom. The van der Waals surface area contributed by atoms with Crippen LogP contribution in [0.2, 0.25) is 0 Å². The van der Waals surface area contributed by atoms with Crippen molar-refractivity contribution in [3.05, 3.63) is 27.9 Å². The fourth-order valence-corrected chi connectivity index (χ4v) is 6.14. The molecule has 1 amide bonds. The van der Waals surface area contributed by atoms with Gasteiger partial charge < -0.3 is 15.0 Å². The van der Waals surface area contributed by atoms with Gasteiger partial charge in [0.1, 0.15) is 0 Å². The molecule has 2 fully saturated rings. The highest BCUT2D eigenvalue weighted by Crippen LogP contribution is 2.43. The van der Waals surface area contributed by atoms with Gasteiger partial charge in [0, 0.05) is 31.6 Å². The minimum Gasteiger partial charge on any atom is -0.465 e. The van der Waals surface area contributed by atoms with E-state index in [9.17, 15) is 18.0 Å². The predicted molar refractivity (Wildman–Crippen MR) is 92.5 cm³/mol. The second kappa shape index (κ2) is 5.55. The molecule has 25 heavy (non-hydrogen) atoms. The zero-order valence-electron chi connectivity index (χ0n) is 13.3. The van der Waals surface area contributed by atoms with Crippen molar-refractivity contribution in [2.75, 3.05) is 26.2 Å². The van der Waals surface area contributed by atoms with Gasteiger partial charge in [0.25, 0.3) is 0 Å². The maximum absolute atomic E-state index is 12.8. The topological polar surface area (TPSA) is 111 Å². The van der Waals surface area contributed by atoms with Crippen LogP contribution in [0.3, 0.4) is 0 Å². The molecule has 1 aromatic heterocycles. The van der Waals surface area contributed by atoms with Crippen molar-refractivity contribution in [1.82, 2.24) is 14.2 Å². The Morgan fingerprint density at radius 2 is 1.92 bits per heavy atom. The highest BCUT2D eigenvalue weighted by atomic mass is 32.2. The van der Waals surface area contributed by atoms with Crippen molar-refractivity contribution in [1.29, 1.82) is 0 Å². The lowest BCUT2D eigenvalue weighted by atomic mass is 9.73. The summed E-state index contributed by atoms with van der Waals surface area (Å²) < 4.78 is 27.7. The first-order valence-corrected chi connectivity index (χ1v) is 10.2. The number of aromatic nitrogens is 1. The van der Waals surface area contributed by atoms with Gasteiger partial charge in [0.05, 0.1) is 15.1 Å². The van der Waals surface area contributed by atoms with E-state index in [1.807, 2.05) is 0 Å². The number of likely N-dealkylation sites (tertiary alicyclic amines) is 1. The monoisotopic (exact) mass is 383 g/mol. The molecule has 2 saturated heterocycles. The number of fused-ring (bicyclic) bond motifs is 1. The van der Waals surface area contributed by atoms with Crippen LogP contribution in [0.1, 0.15) is 12.8 Å². The third-order valence-electron chi connectivity index (χ3n) is 5.15. The first-order chi connectivity index (χ1) is 11.8. The molecule has 0 radical (unpaired) electrons. The van der Waals surface area contributed by atoms with Gasteiger partial charge in [-0.05, 0) is 31.0 Å². The van der Waals surface area contributed by atoms with Gasteiger partial charge in [-0.2, -0.15) is 4.31 Å². The number of carboxylic acid groups (broad SMARTS) is 1. The lowest BCUT2D eigenvalue weighted by Gasteiger charge is -2.52. The van der Waals surface area contributed by atoms with Crippen molar-refractivity contribution in [3.63, 3.8) is 0 Å². The molecule has 0 aliphatic carbocycles. The number of benzene rings is 1. The molecule has 0 bridgehead atoms. The molecule has 1 spiro atoms. The Hall–Kier alpha value is -1.91. The van der Waals surface area contributed by atoms with Crippen LogP contribution in [0.4, 0.5) is 4.79 Å².